The van der Waals surface area contributed by atoms with Crippen molar-refractivity contribution < 1.29 is 4.79 Å². The zero-order valence-electron chi connectivity index (χ0n) is 12.0. The summed E-state index contributed by atoms with van der Waals surface area (Å²) in [6.07, 6.45) is 5.28. The van der Waals surface area contributed by atoms with Gasteiger partial charge in [0.05, 0.1) is 6.42 Å². The van der Waals surface area contributed by atoms with Crippen molar-refractivity contribution in [1.82, 2.24) is 14.8 Å². The van der Waals surface area contributed by atoms with Crippen molar-refractivity contribution in [3.8, 4) is 0 Å². The molecular formula is C16H19N3O. The number of carbonyl (C=O) groups is 1. The van der Waals surface area contributed by atoms with Gasteiger partial charge in [0, 0.05) is 11.6 Å². The third kappa shape index (κ3) is 2.38. The molecule has 1 aliphatic carbocycles. The van der Waals surface area contributed by atoms with Crippen molar-refractivity contribution >= 4 is 5.78 Å². The van der Waals surface area contributed by atoms with Gasteiger partial charge in [0.25, 0.3) is 0 Å². The van der Waals surface area contributed by atoms with Crippen LogP contribution in [0.15, 0.2) is 24.5 Å². The lowest BCUT2D eigenvalue weighted by molar-refractivity contribution is 0.0989. The van der Waals surface area contributed by atoms with Crippen LogP contribution in [0, 0.1) is 0 Å². The first kappa shape index (κ1) is 13.0. The van der Waals surface area contributed by atoms with Gasteiger partial charge in [-0.05, 0) is 50.3 Å². The molecule has 0 radical (unpaired) electrons. The van der Waals surface area contributed by atoms with Crippen LogP contribution in [0.25, 0.3) is 0 Å². The summed E-state index contributed by atoms with van der Waals surface area (Å²) in [6, 6.07) is 6.33. The highest BCUT2D eigenvalue weighted by Gasteiger charge is 2.17. The highest BCUT2D eigenvalue weighted by Crippen LogP contribution is 2.23. The van der Waals surface area contributed by atoms with Crippen molar-refractivity contribution in [1.29, 1.82) is 0 Å². The Hall–Kier alpha value is -1.97. The molecule has 0 aliphatic heterocycles. The Bertz CT molecular complexity index is 643. The van der Waals surface area contributed by atoms with Crippen LogP contribution in [-0.2, 0) is 19.3 Å². The molecule has 0 unspecified atom stereocenters. The second-order valence-corrected chi connectivity index (χ2v) is 5.65. The van der Waals surface area contributed by atoms with Gasteiger partial charge in [0.1, 0.15) is 12.2 Å². The van der Waals surface area contributed by atoms with Crippen LogP contribution in [0.2, 0.25) is 0 Å². The van der Waals surface area contributed by atoms with Gasteiger partial charge in [-0.25, -0.2) is 9.67 Å². The van der Waals surface area contributed by atoms with Crippen molar-refractivity contribution in [2.75, 3.05) is 0 Å². The highest BCUT2D eigenvalue weighted by molar-refractivity contribution is 5.97. The molecule has 4 heteroatoms. The highest BCUT2D eigenvalue weighted by atomic mass is 16.1. The maximum atomic E-state index is 12.4. The molecule has 0 bridgehead atoms. The summed E-state index contributed by atoms with van der Waals surface area (Å²) in [4.78, 5) is 16.6. The number of benzene rings is 1. The number of ketones is 1. The number of aryl methyl sites for hydroxylation is 2. The molecule has 1 heterocycles. The van der Waals surface area contributed by atoms with Crippen LogP contribution in [0.1, 0.15) is 53.6 Å². The van der Waals surface area contributed by atoms with Gasteiger partial charge in [-0.2, -0.15) is 5.10 Å². The quantitative estimate of drug-likeness (QED) is 0.802. The van der Waals surface area contributed by atoms with E-state index in [1.807, 2.05) is 24.6 Å². The third-order valence-electron chi connectivity index (χ3n) is 3.88. The first-order chi connectivity index (χ1) is 9.65. The predicted octanol–water partition coefficient (Wildman–Crippen LogP) is 2.77. The fourth-order valence-electron chi connectivity index (χ4n) is 2.82. The molecule has 0 saturated carbocycles. The molecule has 0 saturated heterocycles. The lowest BCUT2D eigenvalue weighted by Crippen LogP contribution is -2.13. The van der Waals surface area contributed by atoms with Gasteiger partial charge in [0.15, 0.2) is 5.78 Å². The Morgan fingerprint density at radius 2 is 2.10 bits per heavy atom. The molecule has 0 N–H and O–H groups in total. The number of hydrogen-bond donors (Lipinski definition) is 0. The molecule has 0 atom stereocenters. The topological polar surface area (TPSA) is 47.8 Å². The van der Waals surface area contributed by atoms with Crippen LogP contribution in [0.4, 0.5) is 0 Å². The van der Waals surface area contributed by atoms with Gasteiger partial charge in [-0.3, -0.25) is 4.79 Å². The summed E-state index contributed by atoms with van der Waals surface area (Å²) in [7, 11) is 0. The molecular weight excluding hydrogens is 250 g/mol. The predicted molar refractivity (Wildman–Crippen MR) is 76.9 cm³/mol. The van der Waals surface area contributed by atoms with Gasteiger partial charge in [-0.1, -0.05) is 12.1 Å². The summed E-state index contributed by atoms with van der Waals surface area (Å²) >= 11 is 0. The summed E-state index contributed by atoms with van der Waals surface area (Å²) in [5, 5.41) is 4.17. The number of nitrogens with zero attached hydrogens (tertiary/aromatic N) is 3. The SMILES string of the molecule is CC(C)n1ncnc1CC(=O)c1ccc2c(c1)CCC2. The van der Waals surface area contributed by atoms with E-state index in [4.69, 9.17) is 0 Å². The van der Waals surface area contributed by atoms with E-state index >= 15 is 0 Å². The molecule has 0 amide bonds. The molecule has 20 heavy (non-hydrogen) atoms. The standard InChI is InChI=1S/C16H19N3O/c1-11(2)19-16(17-10-18-19)9-15(20)14-7-6-12-4-3-5-13(12)8-14/h6-8,10-11H,3-5,9H2,1-2H3. The van der Waals surface area contributed by atoms with Gasteiger partial charge >= 0.3 is 0 Å². The van der Waals surface area contributed by atoms with E-state index in [1.54, 1.807) is 0 Å². The smallest absolute Gasteiger partial charge is 0.170 e. The Kier molecular flexibility index (Phi) is 3.38. The zero-order chi connectivity index (χ0) is 14.1. The number of aromatic nitrogens is 3. The summed E-state index contributed by atoms with van der Waals surface area (Å²) < 4.78 is 1.81. The average Bonchev–Trinajstić information content (AvgIpc) is 3.05. The largest absolute Gasteiger partial charge is 0.294 e. The number of rotatable bonds is 4. The van der Waals surface area contributed by atoms with Crippen LogP contribution in [0.5, 0.6) is 0 Å². The fraction of sp³-hybridized carbons (Fsp3) is 0.438. The first-order valence-corrected chi connectivity index (χ1v) is 7.18. The number of hydrogen-bond acceptors (Lipinski definition) is 3. The molecule has 4 nitrogen and oxygen atoms in total. The molecule has 1 aliphatic rings. The zero-order valence-corrected chi connectivity index (χ0v) is 12.0. The maximum absolute atomic E-state index is 12.4. The van der Waals surface area contributed by atoms with Gasteiger partial charge in [0.2, 0.25) is 0 Å². The summed E-state index contributed by atoms with van der Waals surface area (Å²) in [6.45, 7) is 4.08. The van der Waals surface area contributed by atoms with Crippen molar-refractivity contribution in [3.05, 3.63) is 47.0 Å². The molecule has 2 aromatic rings. The Balaban J connectivity index is 1.81. The molecule has 3 rings (SSSR count). The van der Waals surface area contributed by atoms with Crippen LogP contribution < -0.4 is 0 Å². The van der Waals surface area contributed by atoms with E-state index in [0.29, 0.717) is 6.42 Å². The Morgan fingerprint density at radius 3 is 2.90 bits per heavy atom. The second kappa shape index (κ2) is 5.19. The number of fused-ring (bicyclic) bond motifs is 1. The molecule has 1 aromatic carbocycles. The van der Waals surface area contributed by atoms with Crippen molar-refractivity contribution in [3.63, 3.8) is 0 Å². The first-order valence-electron chi connectivity index (χ1n) is 7.18. The van der Waals surface area contributed by atoms with E-state index in [2.05, 4.69) is 22.2 Å². The average molecular weight is 269 g/mol. The van der Waals surface area contributed by atoms with Crippen LogP contribution >= 0.6 is 0 Å². The maximum Gasteiger partial charge on any atom is 0.170 e. The normalized spacial score (nSPS) is 13.8. The third-order valence-corrected chi connectivity index (χ3v) is 3.88. The molecule has 104 valence electrons. The molecule has 0 spiro atoms. The molecule has 0 fully saturated rings. The van der Waals surface area contributed by atoms with E-state index in [9.17, 15) is 4.79 Å². The van der Waals surface area contributed by atoms with Crippen LogP contribution in [-0.4, -0.2) is 20.5 Å². The van der Waals surface area contributed by atoms with E-state index in [1.165, 1.54) is 23.9 Å². The number of Topliss-reactive ketones (excluding diaryl/α,β-unsaturated/α-hetero) is 1. The minimum Gasteiger partial charge on any atom is -0.294 e. The lowest BCUT2D eigenvalue weighted by atomic mass is 10.0. The number of carbonyl (C=O) groups excluding carboxylic acids is 1. The Morgan fingerprint density at radius 1 is 1.30 bits per heavy atom. The lowest BCUT2D eigenvalue weighted by Gasteiger charge is -2.09. The van der Waals surface area contributed by atoms with Crippen molar-refractivity contribution in [2.45, 2.75) is 45.6 Å². The van der Waals surface area contributed by atoms with Crippen LogP contribution in [0.3, 0.4) is 0 Å². The minimum atomic E-state index is 0.120. The monoisotopic (exact) mass is 269 g/mol. The summed E-state index contributed by atoms with van der Waals surface area (Å²) in [5.74, 6) is 0.861. The fourth-order valence-corrected chi connectivity index (χ4v) is 2.82. The van der Waals surface area contributed by atoms with Gasteiger partial charge in [-0.15, -0.1) is 0 Å². The second-order valence-electron chi connectivity index (χ2n) is 5.65. The summed E-state index contributed by atoms with van der Waals surface area (Å²) in [5.41, 5.74) is 3.53. The Labute approximate surface area is 118 Å². The van der Waals surface area contributed by atoms with E-state index < -0.39 is 0 Å². The van der Waals surface area contributed by atoms with Crippen molar-refractivity contribution in [2.24, 2.45) is 0 Å². The van der Waals surface area contributed by atoms with E-state index in [-0.39, 0.29) is 11.8 Å². The molecule has 1 aromatic heterocycles. The minimum absolute atomic E-state index is 0.120. The van der Waals surface area contributed by atoms with E-state index in [0.717, 1.165) is 24.2 Å². The van der Waals surface area contributed by atoms with Gasteiger partial charge < -0.3 is 0 Å².